The van der Waals surface area contributed by atoms with Crippen LogP contribution < -0.4 is 5.32 Å². The van der Waals surface area contributed by atoms with E-state index in [2.05, 4.69) is 48.6 Å². The van der Waals surface area contributed by atoms with E-state index in [9.17, 15) is 4.79 Å². The Morgan fingerprint density at radius 2 is 1.56 bits per heavy atom. The smallest absolute Gasteiger partial charge is 0.258 e. The first-order valence-electron chi connectivity index (χ1n) is 8.49. The van der Waals surface area contributed by atoms with Crippen LogP contribution in [0.1, 0.15) is 33.2 Å². The van der Waals surface area contributed by atoms with Gasteiger partial charge < -0.3 is 10.2 Å². The summed E-state index contributed by atoms with van der Waals surface area (Å²) in [5.41, 5.74) is 5.03. The molecule has 3 heteroatoms. The van der Waals surface area contributed by atoms with E-state index < -0.39 is 0 Å². The lowest BCUT2D eigenvalue weighted by atomic mass is 10.0. The normalized spacial score (nSPS) is 16.3. The lowest BCUT2D eigenvalue weighted by Gasteiger charge is -2.38. The highest BCUT2D eigenvalue weighted by molar-refractivity contribution is 6.01. The van der Waals surface area contributed by atoms with Crippen molar-refractivity contribution >= 4 is 11.6 Å². The van der Waals surface area contributed by atoms with E-state index >= 15 is 0 Å². The maximum atomic E-state index is 13.2. The zero-order valence-electron chi connectivity index (χ0n) is 14.1. The number of hydrogen-bond acceptors (Lipinski definition) is 2. The number of hydrogen-bond donors (Lipinski definition) is 1. The van der Waals surface area contributed by atoms with Crippen LogP contribution in [0.2, 0.25) is 0 Å². The monoisotopic (exact) mass is 328 g/mol. The number of amides is 1. The summed E-state index contributed by atoms with van der Waals surface area (Å²) >= 11 is 0. The number of rotatable bonds is 3. The topological polar surface area (TPSA) is 32.3 Å². The van der Waals surface area contributed by atoms with Crippen LogP contribution >= 0.6 is 0 Å². The van der Waals surface area contributed by atoms with Crippen molar-refractivity contribution in [1.29, 1.82) is 0 Å². The van der Waals surface area contributed by atoms with Crippen molar-refractivity contribution in [1.82, 2.24) is 4.90 Å². The highest BCUT2D eigenvalue weighted by atomic mass is 16.2. The van der Waals surface area contributed by atoms with Gasteiger partial charge in [-0.15, -0.1) is 0 Å². The second-order valence-electron chi connectivity index (χ2n) is 6.42. The fraction of sp³-hybridized carbons (Fsp3) is 0.136. The molecule has 0 spiro atoms. The third-order valence-electron chi connectivity index (χ3n) is 4.61. The van der Waals surface area contributed by atoms with Crippen molar-refractivity contribution in [2.45, 2.75) is 19.6 Å². The minimum absolute atomic E-state index is 0.0591. The summed E-state index contributed by atoms with van der Waals surface area (Å²) < 4.78 is 0. The average molecular weight is 328 g/mol. The Balaban J connectivity index is 1.75. The van der Waals surface area contributed by atoms with Crippen LogP contribution in [0.3, 0.4) is 0 Å². The minimum Gasteiger partial charge on any atom is -0.361 e. The molecule has 0 radical (unpaired) electrons. The number of carbonyl (C=O) groups excluding carboxylic acids is 1. The molecule has 1 unspecified atom stereocenters. The standard InChI is InChI=1S/C22H20N2O/c1-16-11-13-18(14-12-16)21-23-20-10-6-5-9-19(20)22(25)24(21)15-17-7-3-2-4-8-17/h2-14,21,23H,15H2,1H3. The fourth-order valence-corrected chi connectivity index (χ4v) is 3.25. The molecule has 0 fully saturated rings. The molecule has 0 aromatic heterocycles. The van der Waals surface area contributed by atoms with Crippen molar-refractivity contribution in [3.05, 3.63) is 101 Å². The fourth-order valence-electron chi connectivity index (χ4n) is 3.25. The van der Waals surface area contributed by atoms with Crippen LogP contribution in [0, 0.1) is 6.92 Å². The lowest BCUT2D eigenvalue weighted by molar-refractivity contribution is 0.0666. The molecule has 3 aromatic carbocycles. The molecular formula is C22H20N2O. The molecule has 0 bridgehead atoms. The molecule has 1 aliphatic heterocycles. The molecule has 3 aromatic rings. The van der Waals surface area contributed by atoms with E-state index in [-0.39, 0.29) is 12.1 Å². The van der Waals surface area contributed by atoms with Crippen LogP contribution in [-0.4, -0.2) is 10.8 Å². The third kappa shape index (κ3) is 3.01. The van der Waals surface area contributed by atoms with Gasteiger partial charge in [0, 0.05) is 12.2 Å². The predicted octanol–water partition coefficient (Wildman–Crippen LogP) is 4.76. The molecule has 1 amide bonds. The number of anilines is 1. The molecule has 1 heterocycles. The summed E-state index contributed by atoms with van der Waals surface area (Å²) in [7, 11) is 0. The molecule has 0 aliphatic carbocycles. The predicted molar refractivity (Wildman–Crippen MR) is 100 cm³/mol. The van der Waals surface area contributed by atoms with Crippen molar-refractivity contribution in [2.24, 2.45) is 0 Å². The summed E-state index contributed by atoms with van der Waals surface area (Å²) in [6, 6.07) is 26.2. The Labute approximate surface area is 147 Å². The van der Waals surface area contributed by atoms with Crippen molar-refractivity contribution in [2.75, 3.05) is 5.32 Å². The SMILES string of the molecule is Cc1ccc(C2Nc3ccccc3C(=O)N2Cc2ccccc2)cc1. The van der Waals surface area contributed by atoms with Gasteiger partial charge in [-0.1, -0.05) is 72.3 Å². The summed E-state index contributed by atoms with van der Waals surface area (Å²) in [5, 5.41) is 3.54. The summed E-state index contributed by atoms with van der Waals surface area (Å²) in [4.78, 5) is 15.1. The Bertz CT molecular complexity index is 887. The number of benzene rings is 3. The van der Waals surface area contributed by atoms with Gasteiger partial charge in [-0.05, 0) is 30.2 Å². The highest BCUT2D eigenvalue weighted by Crippen LogP contribution is 2.34. The summed E-state index contributed by atoms with van der Waals surface area (Å²) in [6.07, 6.45) is -0.178. The van der Waals surface area contributed by atoms with Gasteiger partial charge in [-0.25, -0.2) is 0 Å². The van der Waals surface area contributed by atoms with E-state index in [1.54, 1.807) is 0 Å². The number of nitrogens with one attached hydrogen (secondary N) is 1. The van der Waals surface area contributed by atoms with Crippen molar-refractivity contribution < 1.29 is 4.79 Å². The molecule has 124 valence electrons. The maximum absolute atomic E-state index is 13.2. The average Bonchev–Trinajstić information content (AvgIpc) is 2.65. The first-order chi connectivity index (χ1) is 12.2. The van der Waals surface area contributed by atoms with E-state index in [1.165, 1.54) is 5.56 Å². The van der Waals surface area contributed by atoms with Gasteiger partial charge in [0.1, 0.15) is 6.17 Å². The largest absolute Gasteiger partial charge is 0.361 e. The highest BCUT2D eigenvalue weighted by Gasteiger charge is 2.32. The van der Waals surface area contributed by atoms with E-state index in [1.807, 2.05) is 47.4 Å². The molecular weight excluding hydrogens is 308 g/mol. The number of aryl methyl sites for hydroxylation is 1. The molecule has 1 atom stereocenters. The van der Waals surface area contributed by atoms with Gasteiger partial charge in [-0.2, -0.15) is 0 Å². The van der Waals surface area contributed by atoms with Crippen molar-refractivity contribution in [3.63, 3.8) is 0 Å². The maximum Gasteiger partial charge on any atom is 0.258 e. The Kier molecular flexibility index (Phi) is 3.98. The zero-order valence-corrected chi connectivity index (χ0v) is 14.1. The Morgan fingerprint density at radius 1 is 0.880 bits per heavy atom. The van der Waals surface area contributed by atoms with Crippen LogP contribution in [0.4, 0.5) is 5.69 Å². The number of fused-ring (bicyclic) bond motifs is 1. The molecule has 1 aliphatic rings. The minimum atomic E-state index is -0.178. The lowest BCUT2D eigenvalue weighted by Crippen LogP contribution is -2.42. The number of nitrogens with zero attached hydrogens (tertiary/aromatic N) is 1. The first kappa shape index (κ1) is 15.5. The summed E-state index contributed by atoms with van der Waals surface area (Å²) in [6.45, 7) is 2.64. The molecule has 4 rings (SSSR count). The molecule has 0 saturated heterocycles. The molecule has 1 N–H and O–H groups in total. The third-order valence-corrected chi connectivity index (χ3v) is 4.61. The van der Waals surface area contributed by atoms with Gasteiger partial charge in [0.15, 0.2) is 0 Å². The molecule has 3 nitrogen and oxygen atoms in total. The van der Waals surface area contributed by atoms with E-state index in [0.717, 1.165) is 22.4 Å². The molecule has 0 saturated carbocycles. The van der Waals surface area contributed by atoms with Gasteiger partial charge in [0.2, 0.25) is 0 Å². The van der Waals surface area contributed by atoms with Crippen LogP contribution in [0.5, 0.6) is 0 Å². The quantitative estimate of drug-likeness (QED) is 0.751. The van der Waals surface area contributed by atoms with E-state index in [0.29, 0.717) is 6.54 Å². The first-order valence-corrected chi connectivity index (χ1v) is 8.49. The van der Waals surface area contributed by atoms with E-state index in [4.69, 9.17) is 0 Å². The zero-order chi connectivity index (χ0) is 17.2. The summed E-state index contributed by atoms with van der Waals surface area (Å²) in [5.74, 6) is 0.0591. The molecule has 25 heavy (non-hydrogen) atoms. The second kappa shape index (κ2) is 6.44. The Hall–Kier alpha value is -3.07. The van der Waals surface area contributed by atoms with Gasteiger partial charge >= 0.3 is 0 Å². The number of carbonyl (C=O) groups is 1. The van der Waals surface area contributed by atoms with Gasteiger partial charge in [-0.3, -0.25) is 4.79 Å². The van der Waals surface area contributed by atoms with Crippen LogP contribution in [0.15, 0.2) is 78.9 Å². The van der Waals surface area contributed by atoms with Crippen molar-refractivity contribution in [3.8, 4) is 0 Å². The van der Waals surface area contributed by atoms with Gasteiger partial charge in [0.25, 0.3) is 5.91 Å². The van der Waals surface area contributed by atoms with Crippen LogP contribution in [0.25, 0.3) is 0 Å². The van der Waals surface area contributed by atoms with Gasteiger partial charge in [0.05, 0.1) is 5.56 Å². The van der Waals surface area contributed by atoms with Crippen LogP contribution in [-0.2, 0) is 6.54 Å². The Morgan fingerprint density at radius 3 is 2.32 bits per heavy atom. The number of para-hydroxylation sites is 1. The second-order valence-corrected chi connectivity index (χ2v) is 6.42.